The highest BCUT2D eigenvalue weighted by molar-refractivity contribution is 5.90. The Bertz CT molecular complexity index is 895. The highest BCUT2D eigenvalue weighted by atomic mass is 16.5. The topological polar surface area (TPSA) is 55.4 Å². The molecule has 0 aromatic heterocycles. The second kappa shape index (κ2) is 7.62. The first-order chi connectivity index (χ1) is 12.2. The molecule has 0 aliphatic heterocycles. The number of amides is 1. The fourth-order valence-electron chi connectivity index (χ4n) is 2.76. The van der Waals surface area contributed by atoms with Crippen LogP contribution in [-0.2, 0) is 22.5 Å². The number of carbonyl (C=O) groups is 2. The third kappa shape index (κ3) is 4.04. The van der Waals surface area contributed by atoms with Crippen LogP contribution in [0.25, 0.3) is 10.8 Å². The van der Waals surface area contributed by atoms with Crippen LogP contribution in [0, 0.1) is 0 Å². The molecule has 0 aliphatic carbocycles. The maximum absolute atomic E-state index is 12.3. The smallest absolute Gasteiger partial charge is 0.337 e. The van der Waals surface area contributed by atoms with Crippen LogP contribution in [0.1, 0.15) is 21.5 Å². The zero-order valence-electron chi connectivity index (χ0n) is 14.0. The number of hydrogen-bond donors (Lipinski definition) is 1. The normalized spacial score (nSPS) is 10.4. The Balaban J connectivity index is 1.62. The van der Waals surface area contributed by atoms with Gasteiger partial charge < -0.3 is 10.1 Å². The minimum Gasteiger partial charge on any atom is -0.465 e. The van der Waals surface area contributed by atoms with Crippen LogP contribution in [0.15, 0.2) is 66.7 Å². The molecule has 0 unspecified atom stereocenters. The summed E-state index contributed by atoms with van der Waals surface area (Å²) >= 11 is 0. The van der Waals surface area contributed by atoms with Gasteiger partial charge in [-0.25, -0.2) is 4.79 Å². The maximum atomic E-state index is 12.3. The van der Waals surface area contributed by atoms with Crippen molar-refractivity contribution in [3.63, 3.8) is 0 Å². The molecule has 1 amide bonds. The van der Waals surface area contributed by atoms with Crippen LogP contribution in [0.2, 0.25) is 0 Å². The van der Waals surface area contributed by atoms with E-state index < -0.39 is 0 Å². The van der Waals surface area contributed by atoms with Gasteiger partial charge in [0.15, 0.2) is 0 Å². The fraction of sp³-hybridized carbons (Fsp3) is 0.143. The first-order valence-corrected chi connectivity index (χ1v) is 8.08. The molecule has 126 valence electrons. The summed E-state index contributed by atoms with van der Waals surface area (Å²) in [6.07, 6.45) is 0.335. The molecule has 0 radical (unpaired) electrons. The number of nitrogens with one attached hydrogen (secondary N) is 1. The largest absolute Gasteiger partial charge is 0.465 e. The van der Waals surface area contributed by atoms with Gasteiger partial charge in [-0.3, -0.25) is 4.79 Å². The van der Waals surface area contributed by atoms with E-state index >= 15 is 0 Å². The molecule has 4 heteroatoms. The number of fused-ring (bicyclic) bond motifs is 1. The molecule has 3 rings (SSSR count). The predicted molar refractivity (Wildman–Crippen MR) is 97.3 cm³/mol. The third-order valence-electron chi connectivity index (χ3n) is 4.10. The molecule has 1 N–H and O–H groups in total. The maximum Gasteiger partial charge on any atom is 0.337 e. The molecular weight excluding hydrogens is 314 g/mol. The van der Waals surface area contributed by atoms with Crippen molar-refractivity contribution in [2.45, 2.75) is 13.0 Å². The summed E-state index contributed by atoms with van der Waals surface area (Å²) < 4.78 is 4.67. The van der Waals surface area contributed by atoms with Crippen molar-refractivity contribution in [3.05, 3.63) is 83.4 Å². The van der Waals surface area contributed by atoms with E-state index in [9.17, 15) is 9.59 Å². The number of rotatable bonds is 5. The fourth-order valence-corrected chi connectivity index (χ4v) is 2.76. The van der Waals surface area contributed by atoms with Crippen molar-refractivity contribution >= 4 is 22.6 Å². The van der Waals surface area contributed by atoms with E-state index in [0.29, 0.717) is 18.5 Å². The molecule has 0 spiro atoms. The molecule has 0 heterocycles. The predicted octanol–water partition coefficient (Wildman–Crippen LogP) is 3.49. The Hall–Kier alpha value is -3.14. The summed E-state index contributed by atoms with van der Waals surface area (Å²) in [5.41, 5.74) is 2.43. The van der Waals surface area contributed by atoms with E-state index in [1.807, 2.05) is 54.6 Å². The summed E-state index contributed by atoms with van der Waals surface area (Å²) in [6, 6.07) is 21.0. The van der Waals surface area contributed by atoms with Crippen molar-refractivity contribution in [3.8, 4) is 0 Å². The van der Waals surface area contributed by atoms with Crippen molar-refractivity contribution in [1.82, 2.24) is 5.32 Å². The van der Waals surface area contributed by atoms with E-state index in [4.69, 9.17) is 0 Å². The Morgan fingerprint density at radius 1 is 0.920 bits per heavy atom. The summed E-state index contributed by atoms with van der Waals surface area (Å²) in [5, 5.41) is 5.15. The van der Waals surface area contributed by atoms with Crippen molar-refractivity contribution < 1.29 is 14.3 Å². The van der Waals surface area contributed by atoms with Gasteiger partial charge in [-0.1, -0.05) is 54.6 Å². The molecule has 25 heavy (non-hydrogen) atoms. The van der Waals surface area contributed by atoms with Gasteiger partial charge in [0.2, 0.25) is 5.91 Å². The van der Waals surface area contributed by atoms with Crippen LogP contribution in [0.5, 0.6) is 0 Å². The average Bonchev–Trinajstić information content (AvgIpc) is 2.66. The Morgan fingerprint density at radius 2 is 1.64 bits per heavy atom. The first kappa shape index (κ1) is 16.7. The molecule has 0 fully saturated rings. The highest BCUT2D eigenvalue weighted by Crippen LogP contribution is 2.18. The summed E-state index contributed by atoms with van der Waals surface area (Å²) in [4.78, 5) is 23.7. The lowest BCUT2D eigenvalue weighted by molar-refractivity contribution is -0.120. The van der Waals surface area contributed by atoms with Gasteiger partial charge in [-0.05, 0) is 34.0 Å². The Labute approximate surface area is 146 Å². The van der Waals surface area contributed by atoms with E-state index in [2.05, 4.69) is 10.1 Å². The molecule has 3 aromatic rings. The second-order valence-corrected chi connectivity index (χ2v) is 5.78. The number of ether oxygens (including phenoxy) is 1. The third-order valence-corrected chi connectivity index (χ3v) is 4.10. The Morgan fingerprint density at radius 3 is 2.40 bits per heavy atom. The second-order valence-electron chi connectivity index (χ2n) is 5.78. The lowest BCUT2D eigenvalue weighted by atomic mass is 10.0. The van der Waals surface area contributed by atoms with Crippen LogP contribution in [-0.4, -0.2) is 19.0 Å². The zero-order valence-corrected chi connectivity index (χ0v) is 14.0. The van der Waals surface area contributed by atoms with Gasteiger partial charge in [0.05, 0.1) is 19.1 Å². The van der Waals surface area contributed by atoms with Crippen LogP contribution < -0.4 is 5.32 Å². The standard InChI is InChI=1S/C21H19NO3/c1-25-21(24)17-11-9-15(10-12-17)14-22-20(23)13-18-7-4-6-16-5-2-3-8-19(16)18/h2-12H,13-14H2,1H3,(H,22,23). The summed E-state index contributed by atoms with van der Waals surface area (Å²) in [6.45, 7) is 0.422. The average molecular weight is 333 g/mol. The molecule has 0 saturated heterocycles. The Kier molecular flexibility index (Phi) is 5.09. The van der Waals surface area contributed by atoms with Gasteiger partial charge in [0, 0.05) is 6.54 Å². The van der Waals surface area contributed by atoms with E-state index in [1.54, 1.807) is 12.1 Å². The molecule has 0 bridgehead atoms. The van der Waals surface area contributed by atoms with Crippen molar-refractivity contribution in [2.24, 2.45) is 0 Å². The highest BCUT2D eigenvalue weighted by Gasteiger charge is 2.08. The minimum absolute atomic E-state index is 0.0339. The number of benzene rings is 3. The van der Waals surface area contributed by atoms with Crippen molar-refractivity contribution in [2.75, 3.05) is 7.11 Å². The van der Waals surface area contributed by atoms with Gasteiger partial charge in [-0.2, -0.15) is 0 Å². The number of carbonyl (C=O) groups excluding carboxylic acids is 2. The van der Waals surface area contributed by atoms with E-state index in [1.165, 1.54) is 7.11 Å². The monoisotopic (exact) mass is 333 g/mol. The lowest BCUT2D eigenvalue weighted by Gasteiger charge is -2.08. The van der Waals surface area contributed by atoms with Crippen LogP contribution in [0.3, 0.4) is 0 Å². The van der Waals surface area contributed by atoms with Gasteiger partial charge in [0.1, 0.15) is 0 Å². The van der Waals surface area contributed by atoms with E-state index in [-0.39, 0.29) is 11.9 Å². The molecule has 0 aliphatic rings. The molecule has 0 saturated carbocycles. The minimum atomic E-state index is -0.369. The van der Waals surface area contributed by atoms with E-state index in [0.717, 1.165) is 21.9 Å². The first-order valence-electron chi connectivity index (χ1n) is 8.08. The van der Waals surface area contributed by atoms with Crippen LogP contribution in [0.4, 0.5) is 0 Å². The number of esters is 1. The zero-order chi connectivity index (χ0) is 17.6. The summed E-state index contributed by atoms with van der Waals surface area (Å²) in [7, 11) is 1.35. The number of hydrogen-bond acceptors (Lipinski definition) is 3. The molecule has 0 atom stereocenters. The lowest BCUT2D eigenvalue weighted by Crippen LogP contribution is -2.24. The van der Waals surface area contributed by atoms with Crippen LogP contribution >= 0.6 is 0 Å². The quantitative estimate of drug-likeness (QED) is 0.727. The van der Waals surface area contributed by atoms with Gasteiger partial charge in [0.25, 0.3) is 0 Å². The number of methoxy groups -OCH3 is 1. The SMILES string of the molecule is COC(=O)c1ccc(CNC(=O)Cc2cccc3ccccc23)cc1. The van der Waals surface area contributed by atoms with Gasteiger partial charge >= 0.3 is 5.97 Å². The molecule has 4 nitrogen and oxygen atoms in total. The van der Waals surface area contributed by atoms with Gasteiger partial charge in [-0.15, -0.1) is 0 Å². The molecular formula is C21H19NO3. The van der Waals surface area contributed by atoms with Crippen molar-refractivity contribution in [1.29, 1.82) is 0 Å². The summed E-state index contributed by atoms with van der Waals surface area (Å²) in [5.74, 6) is -0.403. The molecule has 3 aromatic carbocycles.